The number of nitrogens with one attached hydrogen (secondary N) is 1. The van der Waals surface area contributed by atoms with Crippen LogP contribution >= 0.6 is 0 Å². The maximum Gasteiger partial charge on any atom is 0.106 e. The Morgan fingerprint density at radius 1 is 1.24 bits per heavy atom. The largest absolute Gasteiger partial charge is 0.400 e. The summed E-state index contributed by atoms with van der Waals surface area (Å²) in [6.07, 6.45) is 0. The minimum absolute atomic E-state index is 1.00. The molecule has 0 aliphatic carbocycles. The highest BCUT2D eigenvalue weighted by Crippen LogP contribution is 2.15. The molecule has 0 atom stereocenters. The van der Waals surface area contributed by atoms with Crippen LogP contribution in [0.25, 0.3) is 0 Å². The average molecular weight is 238 g/mol. The van der Waals surface area contributed by atoms with Crippen LogP contribution in [-0.2, 0) is 4.79 Å². The van der Waals surface area contributed by atoms with Gasteiger partial charge in [0, 0.05) is 39.0 Å². The topological polar surface area (TPSA) is 52.6 Å². The molecule has 0 bridgehead atoms. The van der Waals surface area contributed by atoms with Gasteiger partial charge in [-0.1, -0.05) is 12.1 Å². The van der Waals surface area contributed by atoms with Crippen molar-refractivity contribution in [1.29, 1.82) is 0 Å². The summed E-state index contributed by atoms with van der Waals surface area (Å²) in [5, 5.41) is 10.4. The van der Waals surface area contributed by atoms with Crippen LogP contribution in [0.5, 0.6) is 0 Å². The average Bonchev–Trinajstić information content (AvgIpc) is 2.44. The Hall–Kier alpha value is -1.39. The summed E-state index contributed by atoms with van der Waals surface area (Å²) in [5.41, 5.74) is 2.71. The Kier molecular flexibility index (Phi) is 9.01. The molecule has 1 aliphatic heterocycles. The fourth-order valence-electron chi connectivity index (χ4n) is 1.75. The van der Waals surface area contributed by atoms with Crippen LogP contribution in [0.1, 0.15) is 5.56 Å². The lowest BCUT2D eigenvalue weighted by Gasteiger charge is -2.29. The molecular formula is C13H22N2O2. The predicted octanol–water partition coefficient (Wildman–Crippen LogP) is 0.828. The van der Waals surface area contributed by atoms with Crippen molar-refractivity contribution in [3.63, 3.8) is 0 Å². The molecule has 2 rings (SSSR count). The molecular weight excluding hydrogens is 216 g/mol. The second kappa shape index (κ2) is 9.81. The first-order valence-corrected chi connectivity index (χ1v) is 5.62. The van der Waals surface area contributed by atoms with Crippen molar-refractivity contribution >= 4 is 12.5 Å². The first kappa shape index (κ1) is 15.6. The summed E-state index contributed by atoms with van der Waals surface area (Å²) in [6, 6.07) is 8.72. The van der Waals surface area contributed by atoms with E-state index in [2.05, 4.69) is 41.4 Å². The van der Waals surface area contributed by atoms with Gasteiger partial charge in [-0.3, -0.25) is 0 Å². The van der Waals surface area contributed by atoms with Crippen LogP contribution in [0, 0.1) is 6.92 Å². The number of nitrogens with zero attached hydrogens (tertiary/aromatic N) is 1. The maximum atomic E-state index is 8.00. The van der Waals surface area contributed by atoms with E-state index in [1.54, 1.807) is 0 Å². The third-order valence-corrected chi connectivity index (χ3v) is 2.48. The molecule has 4 nitrogen and oxygen atoms in total. The van der Waals surface area contributed by atoms with E-state index in [-0.39, 0.29) is 0 Å². The fraction of sp³-hybridized carbons (Fsp3) is 0.462. The minimum atomic E-state index is 1.00. The molecule has 0 amide bonds. The number of benzene rings is 1. The Bertz CT molecular complexity index is 299. The third-order valence-electron chi connectivity index (χ3n) is 2.48. The smallest absolute Gasteiger partial charge is 0.106 e. The SMILES string of the molecule is C=O.CO.Cc1cccc(N2CCNCC2)c1. The van der Waals surface area contributed by atoms with E-state index in [0.717, 1.165) is 33.3 Å². The number of piperazine rings is 1. The van der Waals surface area contributed by atoms with Crippen LogP contribution in [0.3, 0.4) is 0 Å². The van der Waals surface area contributed by atoms with Crippen molar-refractivity contribution in [1.82, 2.24) is 5.32 Å². The van der Waals surface area contributed by atoms with Gasteiger partial charge in [0.1, 0.15) is 6.79 Å². The fourth-order valence-corrected chi connectivity index (χ4v) is 1.75. The van der Waals surface area contributed by atoms with Gasteiger partial charge in [-0.15, -0.1) is 0 Å². The molecule has 96 valence electrons. The molecule has 1 aromatic rings. The number of carbonyl (C=O) groups excluding carboxylic acids is 1. The molecule has 1 fully saturated rings. The van der Waals surface area contributed by atoms with E-state index in [9.17, 15) is 0 Å². The van der Waals surface area contributed by atoms with Crippen LogP contribution < -0.4 is 10.2 Å². The summed E-state index contributed by atoms with van der Waals surface area (Å²) in [6.45, 7) is 8.61. The van der Waals surface area contributed by atoms with E-state index in [1.807, 2.05) is 6.79 Å². The quantitative estimate of drug-likeness (QED) is 0.761. The van der Waals surface area contributed by atoms with Gasteiger partial charge in [0.05, 0.1) is 0 Å². The molecule has 1 saturated heterocycles. The van der Waals surface area contributed by atoms with Gasteiger partial charge < -0.3 is 20.1 Å². The maximum absolute atomic E-state index is 8.00. The Morgan fingerprint density at radius 2 is 1.82 bits per heavy atom. The van der Waals surface area contributed by atoms with Gasteiger partial charge >= 0.3 is 0 Å². The van der Waals surface area contributed by atoms with Crippen molar-refractivity contribution in [2.45, 2.75) is 6.92 Å². The molecule has 0 aromatic heterocycles. The van der Waals surface area contributed by atoms with Gasteiger partial charge in [-0.25, -0.2) is 0 Å². The van der Waals surface area contributed by atoms with Crippen LogP contribution in [0.4, 0.5) is 5.69 Å². The number of aliphatic hydroxyl groups excluding tert-OH is 1. The predicted molar refractivity (Wildman–Crippen MR) is 71.5 cm³/mol. The summed E-state index contributed by atoms with van der Waals surface area (Å²) in [4.78, 5) is 10.4. The molecule has 1 heterocycles. The lowest BCUT2D eigenvalue weighted by Crippen LogP contribution is -2.43. The van der Waals surface area contributed by atoms with Crippen molar-refractivity contribution < 1.29 is 9.90 Å². The lowest BCUT2D eigenvalue weighted by atomic mass is 10.2. The van der Waals surface area contributed by atoms with Crippen molar-refractivity contribution in [2.75, 3.05) is 38.2 Å². The molecule has 1 aliphatic rings. The Morgan fingerprint density at radius 3 is 2.35 bits per heavy atom. The van der Waals surface area contributed by atoms with Gasteiger partial charge in [0.15, 0.2) is 0 Å². The van der Waals surface area contributed by atoms with Crippen molar-refractivity contribution in [3.05, 3.63) is 29.8 Å². The van der Waals surface area contributed by atoms with E-state index in [4.69, 9.17) is 9.90 Å². The number of rotatable bonds is 1. The highest BCUT2D eigenvalue weighted by molar-refractivity contribution is 5.48. The minimum Gasteiger partial charge on any atom is -0.400 e. The number of aryl methyl sites for hydroxylation is 1. The molecule has 0 unspecified atom stereocenters. The summed E-state index contributed by atoms with van der Waals surface area (Å²) in [5.74, 6) is 0. The molecule has 0 radical (unpaired) electrons. The zero-order valence-corrected chi connectivity index (χ0v) is 10.6. The van der Waals surface area contributed by atoms with Crippen LogP contribution in [0.15, 0.2) is 24.3 Å². The number of hydrogen-bond acceptors (Lipinski definition) is 4. The first-order chi connectivity index (χ1) is 8.36. The molecule has 0 saturated carbocycles. The normalized spacial score (nSPS) is 13.9. The van der Waals surface area contributed by atoms with Crippen molar-refractivity contribution in [2.24, 2.45) is 0 Å². The molecule has 17 heavy (non-hydrogen) atoms. The standard InChI is InChI=1S/C11H16N2.CH4O.CH2O/c1-10-3-2-4-11(9-10)13-7-5-12-6-8-13;2*1-2/h2-4,9,12H,5-8H2,1H3;2H,1H3;1H2. The number of hydrogen-bond donors (Lipinski definition) is 2. The Labute approximate surface area is 103 Å². The van der Waals surface area contributed by atoms with Crippen LogP contribution in [0.2, 0.25) is 0 Å². The second-order valence-corrected chi connectivity index (χ2v) is 3.58. The number of anilines is 1. The van der Waals surface area contributed by atoms with E-state index < -0.39 is 0 Å². The van der Waals surface area contributed by atoms with Crippen LogP contribution in [-0.4, -0.2) is 45.2 Å². The zero-order valence-electron chi connectivity index (χ0n) is 10.6. The summed E-state index contributed by atoms with van der Waals surface area (Å²) in [7, 11) is 1.00. The van der Waals surface area contributed by atoms with Gasteiger partial charge in [-0.2, -0.15) is 0 Å². The van der Waals surface area contributed by atoms with E-state index in [0.29, 0.717) is 0 Å². The Balaban J connectivity index is 0.000000581. The highest BCUT2D eigenvalue weighted by Gasteiger charge is 2.09. The molecule has 1 aromatic carbocycles. The molecule has 0 spiro atoms. The lowest BCUT2D eigenvalue weighted by molar-refractivity contribution is -0.0979. The first-order valence-electron chi connectivity index (χ1n) is 5.62. The molecule has 4 heteroatoms. The number of aliphatic hydroxyl groups is 1. The van der Waals surface area contributed by atoms with E-state index >= 15 is 0 Å². The van der Waals surface area contributed by atoms with Crippen molar-refractivity contribution in [3.8, 4) is 0 Å². The monoisotopic (exact) mass is 238 g/mol. The third kappa shape index (κ3) is 5.47. The van der Waals surface area contributed by atoms with E-state index in [1.165, 1.54) is 11.3 Å². The summed E-state index contributed by atoms with van der Waals surface area (Å²) < 4.78 is 0. The molecule has 2 N–H and O–H groups in total. The van der Waals surface area contributed by atoms with Gasteiger partial charge in [0.25, 0.3) is 0 Å². The summed E-state index contributed by atoms with van der Waals surface area (Å²) >= 11 is 0. The number of carbonyl (C=O) groups is 1. The zero-order chi connectivity index (χ0) is 13.1. The van der Waals surface area contributed by atoms with Gasteiger partial charge in [0.2, 0.25) is 0 Å². The van der Waals surface area contributed by atoms with Gasteiger partial charge in [-0.05, 0) is 24.6 Å². The second-order valence-electron chi connectivity index (χ2n) is 3.58. The highest BCUT2D eigenvalue weighted by atomic mass is 16.2.